The van der Waals surface area contributed by atoms with Gasteiger partial charge in [-0.3, -0.25) is 0 Å². The highest BCUT2D eigenvalue weighted by molar-refractivity contribution is 5.88. The van der Waals surface area contributed by atoms with Crippen LogP contribution < -0.4 is 5.32 Å². The Hall–Kier alpha value is -1.62. The highest BCUT2D eigenvalue weighted by atomic mass is 16.5. The lowest BCUT2D eigenvalue weighted by Gasteiger charge is -2.05. The summed E-state index contributed by atoms with van der Waals surface area (Å²) in [6, 6.07) is 3.02. The average molecular weight is 238 g/mol. The van der Waals surface area contributed by atoms with Crippen LogP contribution in [-0.4, -0.2) is 36.3 Å². The second-order valence-electron chi connectivity index (χ2n) is 3.72. The van der Waals surface area contributed by atoms with Gasteiger partial charge in [-0.2, -0.15) is 0 Å². The van der Waals surface area contributed by atoms with Gasteiger partial charge in [0.1, 0.15) is 5.82 Å². The monoisotopic (exact) mass is 238 g/mol. The molecule has 1 aromatic rings. The maximum absolute atomic E-state index is 10.7. The Kier molecular flexibility index (Phi) is 6.03. The number of carboxylic acids is 1. The third-order valence-corrected chi connectivity index (χ3v) is 2.34. The van der Waals surface area contributed by atoms with Crippen molar-refractivity contribution in [2.75, 3.05) is 25.6 Å². The van der Waals surface area contributed by atoms with E-state index in [9.17, 15) is 4.79 Å². The van der Waals surface area contributed by atoms with Crippen molar-refractivity contribution in [1.29, 1.82) is 0 Å². The summed E-state index contributed by atoms with van der Waals surface area (Å²) in [5.41, 5.74) is 0.252. The van der Waals surface area contributed by atoms with Crippen molar-refractivity contribution in [3.8, 4) is 0 Å². The van der Waals surface area contributed by atoms with E-state index in [1.54, 1.807) is 7.11 Å². The molecule has 0 aliphatic rings. The molecule has 0 amide bonds. The first-order chi connectivity index (χ1) is 8.24. The number of nitrogens with zero attached hydrogens (tertiary/aromatic N) is 1. The molecule has 0 aliphatic carbocycles. The van der Waals surface area contributed by atoms with Gasteiger partial charge >= 0.3 is 5.97 Å². The predicted octanol–water partition coefficient (Wildman–Crippen LogP) is 2.01. The summed E-state index contributed by atoms with van der Waals surface area (Å²) in [6.07, 6.45) is 4.64. The van der Waals surface area contributed by atoms with E-state index in [1.807, 2.05) is 0 Å². The zero-order valence-electron chi connectivity index (χ0n) is 9.98. The number of anilines is 1. The third kappa shape index (κ3) is 5.31. The molecule has 1 heterocycles. The highest BCUT2D eigenvalue weighted by Crippen LogP contribution is 2.07. The Morgan fingerprint density at radius 1 is 1.47 bits per heavy atom. The number of nitrogens with one attached hydrogen (secondary N) is 1. The molecule has 0 aliphatic heterocycles. The molecule has 0 radical (unpaired) electrons. The Morgan fingerprint density at radius 2 is 2.29 bits per heavy atom. The van der Waals surface area contributed by atoms with Crippen molar-refractivity contribution >= 4 is 11.8 Å². The van der Waals surface area contributed by atoms with Crippen LogP contribution in [0.25, 0.3) is 0 Å². The maximum Gasteiger partial charge on any atom is 0.335 e. The lowest BCUT2D eigenvalue weighted by atomic mass is 10.2. The quantitative estimate of drug-likeness (QED) is 0.678. The molecular formula is C12H18N2O3. The standard InChI is InChI=1S/C12H18N2O3/c1-17-8-4-2-3-6-13-11-9-10(12(15)16)5-7-14-11/h5,7,9H,2-4,6,8H2,1H3,(H,13,14)(H,15,16). The van der Waals surface area contributed by atoms with Gasteiger partial charge in [0.15, 0.2) is 0 Å². The fourth-order valence-electron chi connectivity index (χ4n) is 1.42. The molecule has 0 unspecified atom stereocenters. The van der Waals surface area contributed by atoms with Crippen LogP contribution in [-0.2, 0) is 4.74 Å². The molecule has 1 aromatic heterocycles. The van der Waals surface area contributed by atoms with Crippen LogP contribution >= 0.6 is 0 Å². The van der Waals surface area contributed by atoms with Crippen LogP contribution in [0.2, 0.25) is 0 Å². The summed E-state index contributed by atoms with van der Waals surface area (Å²) in [5, 5.41) is 11.9. The summed E-state index contributed by atoms with van der Waals surface area (Å²) >= 11 is 0. The van der Waals surface area contributed by atoms with Gasteiger partial charge in [-0.25, -0.2) is 9.78 Å². The number of hydrogen-bond donors (Lipinski definition) is 2. The zero-order chi connectivity index (χ0) is 12.5. The van der Waals surface area contributed by atoms with E-state index >= 15 is 0 Å². The molecule has 2 N–H and O–H groups in total. The van der Waals surface area contributed by atoms with E-state index < -0.39 is 5.97 Å². The van der Waals surface area contributed by atoms with Crippen molar-refractivity contribution in [3.63, 3.8) is 0 Å². The molecule has 0 saturated heterocycles. The average Bonchev–Trinajstić information content (AvgIpc) is 2.34. The molecule has 5 nitrogen and oxygen atoms in total. The smallest absolute Gasteiger partial charge is 0.335 e. The van der Waals surface area contributed by atoms with Crippen LogP contribution in [0, 0.1) is 0 Å². The number of hydrogen-bond acceptors (Lipinski definition) is 4. The summed E-state index contributed by atoms with van der Waals surface area (Å²) in [4.78, 5) is 14.8. The first-order valence-corrected chi connectivity index (χ1v) is 5.66. The summed E-state index contributed by atoms with van der Waals surface area (Å²) in [6.45, 7) is 1.58. The molecule has 17 heavy (non-hydrogen) atoms. The summed E-state index contributed by atoms with van der Waals surface area (Å²) < 4.78 is 4.95. The van der Waals surface area contributed by atoms with Crippen molar-refractivity contribution in [3.05, 3.63) is 23.9 Å². The van der Waals surface area contributed by atoms with E-state index in [0.717, 1.165) is 32.4 Å². The molecule has 1 rings (SSSR count). The highest BCUT2D eigenvalue weighted by Gasteiger charge is 2.03. The Bertz CT molecular complexity index is 355. The van der Waals surface area contributed by atoms with Gasteiger partial charge in [0.25, 0.3) is 0 Å². The number of carbonyl (C=O) groups is 1. The maximum atomic E-state index is 10.7. The largest absolute Gasteiger partial charge is 0.478 e. The molecule has 94 valence electrons. The van der Waals surface area contributed by atoms with Gasteiger partial charge in [0, 0.05) is 26.5 Å². The molecule has 0 spiro atoms. The molecule has 5 heteroatoms. The molecule has 0 atom stereocenters. The molecule has 0 bridgehead atoms. The Labute approximate surface area is 101 Å². The van der Waals surface area contributed by atoms with Gasteiger partial charge < -0.3 is 15.2 Å². The third-order valence-electron chi connectivity index (χ3n) is 2.34. The van der Waals surface area contributed by atoms with Crippen molar-refractivity contribution < 1.29 is 14.6 Å². The fourth-order valence-corrected chi connectivity index (χ4v) is 1.42. The van der Waals surface area contributed by atoms with E-state index in [4.69, 9.17) is 9.84 Å². The SMILES string of the molecule is COCCCCCNc1cc(C(=O)O)ccn1. The van der Waals surface area contributed by atoms with Crippen molar-refractivity contribution in [2.24, 2.45) is 0 Å². The second-order valence-corrected chi connectivity index (χ2v) is 3.72. The van der Waals surface area contributed by atoms with Gasteiger partial charge in [-0.1, -0.05) is 0 Å². The number of aromatic nitrogens is 1. The fraction of sp³-hybridized carbons (Fsp3) is 0.500. The number of pyridine rings is 1. The van der Waals surface area contributed by atoms with E-state index in [-0.39, 0.29) is 5.56 Å². The lowest BCUT2D eigenvalue weighted by Crippen LogP contribution is -2.05. The van der Waals surface area contributed by atoms with Gasteiger partial charge in [0.2, 0.25) is 0 Å². The van der Waals surface area contributed by atoms with E-state index in [1.165, 1.54) is 18.3 Å². The minimum absolute atomic E-state index is 0.252. The molecule has 0 aromatic carbocycles. The van der Waals surface area contributed by atoms with E-state index in [2.05, 4.69) is 10.3 Å². The first-order valence-electron chi connectivity index (χ1n) is 5.66. The summed E-state index contributed by atoms with van der Waals surface area (Å²) in [5.74, 6) is -0.327. The first kappa shape index (κ1) is 13.4. The van der Waals surface area contributed by atoms with Crippen LogP contribution in [0.4, 0.5) is 5.82 Å². The van der Waals surface area contributed by atoms with E-state index in [0.29, 0.717) is 5.82 Å². The minimum Gasteiger partial charge on any atom is -0.478 e. The number of unbranched alkanes of at least 4 members (excludes halogenated alkanes) is 2. The topological polar surface area (TPSA) is 71.5 Å². The summed E-state index contributed by atoms with van der Waals surface area (Å²) in [7, 11) is 1.69. The van der Waals surface area contributed by atoms with Crippen molar-refractivity contribution in [2.45, 2.75) is 19.3 Å². The lowest BCUT2D eigenvalue weighted by molar-refractivity contribution is 0.0697. The number of rotatable bonds is 8. The second kappa shape index (κ2) is 7.62. The number of carboxylic acid groups (broad SMARTS) is 1. The number of methoxy groups -OCH3 is 1. The molecular weight excluding hydrogens is 220 g/mol. The normalized spacial score (nSPS) is 10.2. The van der Waals surface area contributed by atoms with Crippen LogP contribution in [0.1, 0.15) is 29.6 Å². The van der Waals surface area contributed by atoms with Crippen LogP contribution in [0.5, 0.6) is 0 Å². The van der Waals surface area contributed by atoms with Gasteiger partial charge in [-0.05, 0) is 31.4 Å². The molecule has 0 saturated carbocycles. The van der Waals surface area contributed by atoms with Gasteiger partial charge in [0.05, 0.1) is 5.56 Å². The minimum atomic E-state index is -0.935. The zero-order valence-corrected chi connectivity index (χ0v) is 9.98. The Balaban J connectivity index is 2.27. The van der Waals surface area contributed by atoms with Crippen LogP contribution in [0.3, 0.4) is 0 Å². The number of ether oxygens (including phenoxy) is 1. The number of aromatic carboxylic acids is 1. The predicted molar refractivity (Wildman–Crippen MR) is 65.4 cm³/mol. The van der Waals surface area contributed by atoms with Crippen LogP contribution in [0.15, 0.2) is 18.3 Å². The Morgan fingerprint density at radius 3 is 3.00 bits per heavy atom. The van der Waals surface area contributed by atoms with Crippen molar-refractivity contribution in [1.82, 2.24) is 4.98 Å². The van der Waals surface area contributed by atoms with Gasteiger partial charge in [-0.15, -0.1) is 0 Å². The molecule has 0 fully saturated rings.